The molecule has 2 atom stereocenters. The fourth-order valence-corrected chi connectivity index (χ4v) is 1.89. The highest BCUT2D eigenvalue weighted by molar-refractivity contribution is 5.92. The molecule has 0 spiro atoms. The molecule has 0 aromatic rings. The Balaban J connectivity index is 2.55. The van der Waals surface area contributed by atoms with Crippen LogP contribution in [0.25, 0.3) is 0 Å². The summed E-state index contributed by atoms with van der Waals surface area (Å²) in [5.41, 5.74) is 0.644. The molecular weight excluding hydrogens is 220 g/mol. The first-order valence-corrected chi connectivity index (χ1v) is 6.22. The van der Waals surface area contributed by atoms with Crippen LogP contribution in [0.1, 0.15) is 39.5 Å². The molecule has 1 saturated heterocycles. The third-order valence-electron chi connectivity index (χ3n) is 2.80. The number of ether oxygens (including phenoxy) is 3. The normalized spacial score (nSPS) is 26.5. The molecule has 0 saturated carbocycles. The molecule has 0 unspecified atom stereocenters. The molecule has 1 rings (SSSR count). The fraction of sp³-hybridized carbons (Fsp3) is 0.769. The molecule has 0 radical (unpaired) electrons. The van der Waals surface area contributed by atoms with Crippen LogP contribution in [0.3, 0.4) is 0 Å². The predicted octanol–water partition coefficient (Wildman–Crippen LogP) is 2.43. The second-order valence-electron chi connectivity index (χ2n) is 4.26. The Morgan fingerprint density at radius 3 is 2.82 bits per heavy atom. The van der Waals surface area contributed by atoms with Gasteiger partial charge in [-0.3, -0.25) is 0 Å². The Hall–Kier alpha value is -0.870. The molecule has 0 aromatic heterocycles. The van der Waals surface area contributed by atoms with E-state index in [1.54, 1.807) is 7.11 Å². The highest BCUT2D eigenvalue weighted by Crippen LogP contribution is 2.25. The molecule has 4 heteroatoms. The van der Waals surface area contributed by atoms with Gasteiger partial charge in [0.05, 0.1) is 5.57 Å². The van der Waals surface area contributed by atoms with Crippen molar-refractivity contribution in [1.82, 2.24) is 0 Å². The lowest BCUT2D eigenvalue weighted by molar-refractivity contribution is -0.140. The van der Waals surface area contributed by atoms with Gasteiger partial charge in [0, 0.05) is 7.11 Å². The standard InChI is InChI=1S/C13H22O4/c1-4-5-6-7-8-11-12(16-9-15-3)10(2)17-13(11)14/h8,10,12H,4-7,9H2,1-3H3/b11-8-/t10-,12+/m0/s1. The molecule has 1 fully saturated rings. The molecule has 0 aromatic carbocycles. The van der Waals surface area contributed by atoms with Crippen molar-refractivity contribution in [3.05, 3.63) is 11.6 Å². The summed E-state index contributed by atoms with van der Waals surface area (Å²) in [6.45, 7) is 4.17. The predicted molar refractivity (Wildman–Crippen MR) is 64.5 cm³/mol. The molecule has 98 valence electrons. The number of hydrogen-bond donors (Lipinski definition) is 0. The Kier molecular flexibility index (Phi) is 6.22. The summed E-state index contributed by atoms with van der Waals surface area (Å²) in [6, 6.07) is 0. The van der Waals surface area contributed by atoms with Gasteiger partial charge in [0.1, 0.15) is 19.0 Å². The van der Waals surface area contributed by atoms with E-state index in [2.05, 4.69) is 6.92 Å². The van der Waals surface area contributed by atoms with Crippen molar-refractivity contribution in [3.8, 4) is 0 Å². The molecule has 0 amide bonds. The average Bonchev–Trinajstić information content (AvgIpc) is 2.57. The van der Waals surface area contributed by atoms with Gasteiger partial charge in [-0.25, -0.2) is 4.79 Å². The van der Waals surface area contributed by atoms with Crippen molar-refractivity contribution in [2.45, 2.75) is 51.7 Å². The van der Waals surface area contributed by atoms with Crippen molar-refractivity contribution >= 4 is 5.97 Å². The van der Waals surface area contributed by atoms with Crippen LogP contribution < -0.4 is 0 Å². The lowest BCUT2D eigenvalue weighted by Gasteiger charge is -2.13. The van der Waals surface area contributed by atoms with Gasteiger partial charge in [-0.1, -0.05) is 25.8 Å². The zero-order chi connectivity index (χ0) is 12.7. The lowest BCUT2D eigenvalue weighted by Crippen LogP contribution is -2.23. The molecule has 17 heavy (non-hydrogen) atoms. The van der Waals surface area contributed by atoms with Crippen molar-refractivity contribution in [1.29, 1.82) is 0 Å². The van der Waals surface area contributed by atoms with E-state index in [4.69, 9.17) is 14.2 Å². The average molecular weight is 242 g/mol. The van der Waals surface area contributed by atoms with Crippen molar-refractivity contribution in [2.24, 2.45) is 0 Å². The van der Waals surface area contributed by atoms with E-state index < -0.39 is 0 Å². The van der Waals surface area contributed by atoms with Crippen LogP contribution in [0.15, 0.2) is 11.6 Å². The number of carbonyl (C=O) groups excluding carboxylic acids is 1. The van der Waals surface area contributed by atoms with E-state index in [1.807, 2.05) is 13.0 Å². The van der Waals surface area contributed by atoms with E-state index in [-0.39, 0.29) is 25.0 Å². The molecular formula is C13H22O4. The van der Waals surface area contributed by atoms with Crippen LogP contribution in [0.2, 0.25) is 0 Å². The van der Waals surface area contributed by atoms with E-state index in [9.17, 15) is 4.79 Å². The summed E-state index contributed by atoms with van der Waals surface area (Å²) in [5.74, 6) is -0.255. The minimum absolute atomic E-state index is 0.179. The van der Waals surface area contributed by atoms with Crippen LogP contribution >= 0.6 is 0 Å². The largest absolute Gasteiger partial charge is 0.456 e. The maximum atomic E-state index is 11.6. The zero-order valence-corrected chi connectivity index (χ0v) is 10.9. The second kappa shape index (κ2) is 7.45. The number of rotatable bonds is 7. The van der Waals surface area contributed by atoms with E-state index >= 15 is 0 Å². The molecule has 4 nitrogen and oxygen atoms in total. The summed E-state index contributed by atoms with van der Waals surface area (Å²) in [7, 11) is 1.56. The highest BCUT2D eigenvalue weighted by Gasteiger charge is 2.37. The lowest BCUT2D eigenvalue weighted by atomic mass is 10.1. The van der Waals surface area contributed by atoms with Gasteiger partial charge < -0.3 is 14.2 Å². The monoisotopic (exact) mass is 242 g/mol. The number of esters is 1. The Morgan fingerprint density at radius 2 is 2.18 bits per heavy atom. The maximum Gasteiger partial charge on any atom is 0.336 e. The van der Waals surface area contributed by atoms with Gasteiger partial charge in [0.2, 0.25) is 0 Å². The van der Waals surface area contributed by atoms with Crippen LogP contribution in [0, 0.1) is 0 Å². The van der Waals surface area contributed by atoms with Crippen LogP contribution in [-0.4, -0.2) is 32.1 Å². The van der Waals surface area contributed by atoms with Crippen LogP contribution in [0.4, 0.5) is 0 Å². The van der Waals surface area contributed by atoms with E-state index in [0.717, 1.165) is 12.8 Å². The van der Waals surface area contributed by atoms with E-state index in [0.29, 0.717) is 5.57 Å². The number of carbonyl (C=O) groups is 1. The highest BCUT2D eigenvalue weighted by atomic mass is 16.7. The smallest absolute Gasteiger partial charge is 0.336 e. The van der Waals surface area contributed by atoms with Gasteiger partial charge in [0.15, 0.2) is 0 Å². The first kappa shape index (κ1) is 14.2. The minimum atomic E-state index is -0.288. The first-order chi connectivity index (χ1) is 8.20. The number of hydrogen-bond acceptors (Lipinski definition) is 4. The number of unbranched alkanes of at least 4 members (excludes halogenated alkanes) is 3. The van der Waals surface area contributed by atoms with E-state index in [1.165, 1.54) is 12.8 Å². The van der Waals surface area contributed by atoms with Crippen LogP contribution in [0.5, 0.6) is 0 Å². The second-order valence-corrected chi connectivity index (χ2v) is 4.26. The SMILES string of the molecule is CCCCC/C=C1\C(=O)O[C@@H](C)[C@H]1OCOC. The molecule has 0 bridgehead atoms. The molecule has 1 aliphatic heterocycles. The topological polar surface area (TPSA) is 44.8 Å². The molecule has 1 aliphatic rings. The molecule has 0 aliphatic carbocycles. The number of allylic oxidation sites excluding steroid dienone is 1. The zero-order valence-electron chi connectivity index (χ0n) is 10.9. The van der Waals surface area contributed by atoms with Crippen molar-refractivity contribution < 1.29 is 19.0 Å². The third-order valence-corrected chi connectivity index (χ3v) is 2.80. The summed E-state index contributed by atoms with van der Waals surface area (Å²) in [5, 5.41) is 0. The van der Waals surface area contributed by atoms with Gasteiger partial charge in [0.25, 0.3) is 0 Å². The summed E-state index contributed by atoms with van der Waals surface area (Å²) < 4.78 is 15.5. The third kappa shape index (κ3) is 4.13. The number of methoxy groups -OCH3 is 1. The summed E-state index contributed by atoms with van der Waals surface area (Å²) in [4.78, 5) is 11.6. The quantitative estimate of drug-likeness (QED) is 0.298. The minimum Gasteiger partial charge on any atom is -0.456 e. The Labute approximate surface area is 103 Å². The fourth-order valence-electron chi connectivity index (χ4n) is 1.89. The van der Waals surface area contributed by atoms with Gasteiger partial charge >= 0.3 is 5.97 Å². The summed E-state index contributed by atoms with van der Waals surface area (Å²) in [6.07, 6.45) is 5.78. The van der Waals surface area contributed by atoms with Gasteiger partial charge in [-0.2, -0.15) is 0 Å². The molecule has 0 N–H and O–H groups in total. The van der Waals surface area contributed by atoms with Crippen LogP contribution in [-0.2, 0) is 19.0 Å². The Morgan fingerprint density at radius 1 is 1.41 bits per heavy atom. The maximum absolute atomic E-state index is 11.6. The van der Waals surface area contributed by atoms with Gasteiger partial charge in [-0.15, -0.1) is 0 Å². The molecule has 1 heterocycles. The van der Waals surface area contributed by atoms with Crippen molar-refractivity contribution in [3.63, 3.8) is 0 Å². The first-order valence-electron chi connectivity index (χ1n) is 6.22. The van der Waals surface area contributed by atoms with Gasteiger partial charge in [-0.05, 0) is 19.8 Å². The number of cyclic esters (lactones) is 1. The Bertz CT molecular complexity index is 273. The van der Waals surface area contributed by atoms with Crippen molar-refractivity contribution in [2.75, 3.05) is 13.9 Å². The summed E-state index contributed by atoms with van der Waals surface area (Å²) >= 11 is 0.